The molecule has 3 rings (SSSR count). The Balaban J connectivity index is 1.49. The number of aryl methyl sites for hydroxylation is 1. The third-order valence-corrected chi connectivity index (χ3v) is 4.22. The van der Waals surface area contributed by atoms with E-state index in [1.54, 1.807) is 7.11 Å². The molecule has 0 aliphatic heterocycles. The zero-order valence-electron chi connectivity index (χ0n) is 12.7. The van der Waals surface area contributed by atoms with Crippen LogP contribution in [0.15, 0.2) is 42.5 Å². The molecule has 1 aliphatic carbocycles. The Morgan fingerprint density at radius 1 is 1.19 bits per heavy atom. The van der Waals surface area contributed by atoms with Crippen molar-refractivity contribution in [3.63, 3.8) is 0 Å². The minimum Gasteiger partial charge on any atom is -0.497 e. The molecule has 3 heteroatoms. The van der Waals surface area contributed by atoms with Crippen LogP contribution in [0.5, 0.6) is 5.75 Å². The number of methoxy groups -OCH3 is 1. The molecule has 2 aromatic rings. The van der Waals surface area contributed by atoms with Crippen LogP contribution in [-0.2, 0) is 6.54 Å². The van der Waals surface area contributed by atoms with E-state index in [0.29, 0.717) is 12.0 Å². The Bertz CT molecular complexity index is 606. The molecule has 3 nitrogen and oxygen atoms in total. The second-order valence-corrected chi connectivity index (χ2v) is 5.79. The summed E-state index contributed by atoms with van der Waals surface area (Å²) in [5, 5.41) is 3.60. The van der Waals surface area contributed by atoms with Gasteiger partial charge in [0.05, 0.1) is 12.8 Å². The van der Waals surface area contributed by atoms with E-state index in [1.807, 2.05) is 19.1 Å². The number of rotatable bonds is 5. The van der Waals surface area contributed by atoms with Gasteiger partial charge in [-0.2, -0.15) is 0 Å². The van der Waals surface area contributed by atoms with Gasteiger partial charge in [-0.25, -0.2) is 0 Å². The topological polar surface area (TPSA) is 34.1 Å². The summed E-state index contributed by atoms with van der Waals surface area (Å²) >= 11 is 0. The number of benzene rings is 1. The van der Waals surface area contributed by atoms with Gasteiger partial charge in [0.25, 0.3) is 0 Å². The number of hydrogen-bond acceptors (Lipinski definition) is 3. The van der Waals surface area contributed by atoms with Crippen molar-refractivity contribution in [2.45, 2.75) is 38.3 Å². The van der Waals surface area contributed by atoms with Crippen molar-refractivity contribution in [3.05, 3.63) is 59.4 Å². The van der Waals surface area contributed by atoms with Gasteiger partial charge in [-0.1, -0.05) is 18.2 Å². The molecular formula is C18H22N2O. The molecule has 1 N–H and O–H groups in total. The van der Waals surface area contributed by atoms with E-state index in [4.69, 9.17) is 4.74 Å². The predicted molar refractivity (Wildman–Crippen MR) is 84.6 cm³/mol. The molecule has 0 unspecified atom stereocenters. The lowest BCUT2D eigenvalue weighted by Crippen LogP contribution is -2.39. The molecule has 0 radical (unpaired) electrons. The van der Waals surface area contributed by atoms with Crippen molar-refractivity contribution in [3.8, 4) is 5.75 Å². The molecule has 0 spiro atoms. The van der Waals surface area contributed by atoms with E-state index in [1.165, 1.54) is 18.4 Å². The number of aromatic nitrogens is 1. The Hall–Kier alpha value is -1.87. The molecule has 1 aliphatic rings. The summed E-state index contributed by atoms with van der Waals surface area (Å²) in [6, 6.07) is 15.2. The summed E-state index contributed by atoms with van der Waals surface area (Å²) in [6.45, 7) is 2.89. The molecule has 21 heavy (non-hydrogen) atoms. The molecule has 0 bridgehead atoms. The molecule has 0 atom stereocenters. The first kappa shape index (κ1) is 14.1. The van der Waals surface area contributed by atoms with Crippen molar-refractivity contribution in [1.82, 2.24) is 10.3 Å². The van der Waals surface area contributed by atoms with Crippen LogP contribution in [0.4, 0.5) is 0 Å². The average molecular weight is 282 g/mol. The van der Waals surface area contributed by atoms with Gasteiger partial charge in [0.2, 0.25) is 0 Å². The fraction of sp³-hybridized carbons (Fsp3) is 0.389. The predicted octanol–water partition coefficient (Wildman–Crippen LogP) is 3.43. The van der Waals surface area contributed by atoms with Crippen molar-refractivity contribution in [2.24, 2.45) is 0 Å². The maximum Gasteiger partial charge on any atom is 0.119 e. The van der Waals surface area contributed by atoms with E-state index < -0.39 is 0 Å². The largest absolute Gasteiger partial charge is 0.497 e. The first-order chi connectivity index (χ1) is 10.2. The number of pyridine rings is 1. The highest BCUT2D eigenvalue weighted by Gasteiger charge is 2.29. The van der Waals surface area contributed by atoms with Gasteiger partial charge < -0.3 is 10.1 Å². The first-order valence-corrected chi connectivity index (χ1v) is 7.54. The lowest BCUT2D eigenvalue weighted by atomic mass is 9.76. The fourth-order valence-electron chi connectivity index (χ4n) is 2.90. The lowest BCUT2D eigenvalue weighted by Gasteiger charge is -2.36. The van der Waals surface area contributed by atoms with Gasteiger partial charge in [0, 0.05) is 18.3 Å². The molecule has 1 heterocycles. The van der Waals surface area contributed by atoms with Crippen LogP contribution in [0.2, 0.25) is 0 Å². The maximum atomic E-state index is 5.29. The maximum absolute atomic E-state index is 5.29. The number of hydrogen-bond donors (Lipinski definition) is 1. The summed E-state index contributed by atoms with van der Waals surface area (Å²) in [7, 11) is 1.72. The Kier molecular flexibility index (Phi) is 4.20. The zero-order valence-corrected chi connectivity index (χ0v) is 12.7. The summed E-state index contributed by atoms with van der Waals surface area (Å²) in [5.74, 6) is 1.61. The van der Waals surface area contributed by atoms with Crippen LogP contribution in [0.3, 0.4) is 0 Å². The van der Waals surface area contributed by atoms with Gasteiger partial charge in [0.15, 0.2) is 0 Å². The normalized spacial score (nSPS) is 20.9. The van der Waals surface area contributed by atoms with Crippen molar-refractivity contribution < 1.29 is 4.74 Å². The summed E-state index contributed by atoms with van der Waals surface area (Å²) in [4.78, 5) is 4.52. The van der Waals surface area contributed by atoms with Gasteiger partial charge in [0.1, 0.15) is 5.75 Å². The van der Waals surface area contributed by atoms with Gasteiger partial charge >= 0.3 is 0 Å². The Morgan fingerprint density at radius 3 is 2.76 bits per heavy atom. The van der Waals surface area contributed by atoms with Crippen molar-refractivity contribution in [1.29, 1.82) is 0 Å². The quantitative estimate of drug-likeness (QED) is 0.912. The van der Waals surface area contributed by atoms with E-state index in [2.05, 4.69) is 40.6 Å². The van der Waals surface area contributed by atoms with E-state index in [9.17, 15) is 0 Å². The molecule has 1 aromatic heterocycles. The molecule has 0 saturated heterocycles. The molecule has 1 fully saturated rings. The minimum atomic E-state index is 0.600. The van der Waals surface area contributed by atoms with E-state index in [0.717, 1.165) is 23.7 Å². The van der Waals surface area contributed by atoms with Gasteiger partial charge in [-0.15, -0.1) is 0 Å². The van der Waals surface area contributed by atoms with E-state index >= 15 is 0 Å². The van der Waals surface area contributed by atoms with Crippen LogP contribution in [0, 0.1) is 6.92 Å². The lowest BCUT2D eigenvalue weighted by molar-refractivity contribution is 0.288. The van der Waals surface area contributed by atoms with Gasteiger partial charge in [-0.3, -0.25) is 4.98 Å². The Morgan fingerprint density at radius 2 is 2.00 bits per heavy atom. The third-order valence-electron chi connectivity index (χ3n) is 4.22. The summed E-state index contributed by atoms with van der Waals surface area (Å²) in [6.07, 6.45) is 2.39. The van der Waals surface area contributed by atoms with Crippen LogP contribution in [-0.4, -0.2) is 18.1 Å². The number of ether oxygens (including phenoxy) is 1. The van der Waals surface area contributed by atoms with Crippen LogP contribution in [0.25, 0.3) is 0 Å². The van der Waals surface area contributed by atoms with Crippen LogP contribution < -0.4 is 10.1 Å². The van der Waals surface area contributed by atoms with Crippen LogP contribution >= 0.6 is 0 Å². The Labute approximate surface area is 126 Å². The molecule has 0 amide bonds. The monoisotopic (exact) mass is 282 g/mol. The molecular weight excluding hydrogens is 260 g/mol. The second-order valence-electron chi connectivity index (χ2n) is 5.79. The number of nitrogens with one attached hydrogen (secondary N) is 1. The van der Waals surface area contributed by atoms with Crippen LogP contribution in [0.1, 0.15) is 35.7 Å². The molecule has 1 saturated carbocycles. The average Bonchev–Trinajstić information content (AvgIpc) is 2.46. The molecule has 110 valence electrons. The van der Waals surface area contributed by atoms with E-state index in [-0.39, 0.29) is 0 Å². The summed E-state index contributed by atoms with van der Waals surface area (Å²) in [5.41, 5.74) is 3.60. The minimum absolute atomic E-state index is 0.600. The highest BCUT2D eigenvalue weighted by molar-refractivity contribution is 5.32. The highest BCUT2D eigenvalue weighted by Crippen LogP contribution is 2.38. The fourth-order valence-corrected chi connectivity index (χ4v) is 2.90. The highest BCUT2D eigenvalue weighted by atomic mass is 16.5. The van der Waals surface area contributed by atoms with Gasteiger partial charge in [-0.05, 0) is 55.5 Å². The number of nitrogens with zero attached hydrogens (tertiary/aromatic N) is 1. The first-order valence-electron chi connectivity index (χ1n) is 7.54. The smallest absolute Gasteiger partial charge is 0.119 e. The van der Waals surface area contributed by atoms with Crippen molar-refractivity contribution >= 4 is 0 Å². The second kappa shape index (κ2) is 6.27. The zero-order chi connectivity index (χ0) is 14.7. The SMILES string of the molecule is COc1cccc(C2CC(NCc3cccc(C)n3)C2)c1. The third kappa shape index (κ3) is 3.42. The molecule has 1 aromatic carbocycles. The summed E-state index contributed by atoms with van der Waals surface area (Å²) < 4.78 is 5.29. The standard InChI is InChI=1S/C18H22N2O/c1-13-5-3-7-16(20-13)12-19-17-9-15(10-17)14-6-4-8-18(11-14)21-2/h3-8,11,15,17,19H,9-10,12H2,1-2H3. The van der Waals surface area contributed by atoms with Crippen molar-refractivity contribution in [2.75, 3.05) is 7.11 Å².